The number of carbonyl (C=O) groups is 2. The summed E-state index contributed by atoms with van der Waals surface area (Å²) >= 11 is 0. The molecule has 1 aromatic heterocycles. The molecule has 0 spiro atoms. The van der Waals surface area contributed by atoms with Crippen LogP contribution >= 0.6 is 0 Å². The molecule has 1 N–H and O–H groups in total. The van der Waals surface area contributed by atoms with Gasteiger partial charge in [0.05, 0.1) is 6.61 Å². The van der Waals surface area contributed by atoms with Crippen LogP contribution in [-0.4, -0.2) is 48.4 Å². The van der Waals surface area contributed by atoms with Crippen LogP contribution in [0.25, 0.3) is 0 Å². The van der Waals surface area contributed by atoms with Crippen LogP contribution in [0.5, 0.6) is 0 Å². The Hall–Kier alpha value is -2.31. The van der Waals surface area contributed by atoms with Crippen molar-refractivity contribution in [1.29, 1.82) is 0 Å². The van der Waals surface area contributed by atoms with E-state index in [4.69, 9.17) is 9.47 Å². The zero-order valence-corrected chi connectivity index (χ0v) is 15.4. The largest absolute Gasteiger partial charge is 0.461 e. The Balaban J connectivity index is 1.89. The third kappa shape index (κ3) is 5.92. The van der Waals surface area contributed by atoms with Gasteiger partial charge in [0.1, 0.15) is 11.4 Å². The summed E-state index contributed by atoms with van der Waals surface area (Å²) in [6.07, 6.45) is 1.21. The van der Waals surface area contributed by atoms with Crippen molar-refractivity contribution in [3.05, 3.63) is 23.9 Å². The molecule has 0 bridgehead atoms. The summed E-state index contributed by atoms with van der Waals surface area (Å²) in [5, 5.41) is 2.91. The molecule has 2 heterocycles. The quantitative estimate of drug-likeness (QED) is 0.842. The van der Waals surface area contributed by atoms with E-state index in [1.165, 1.54) is 0 Å². The van der Waals surface area contributed by atoms with Gasteiger partial charge in [-0.1, -0.05) is 6.07 Å². The molecular formula is C18H27N3O4. The lowest BCUT2D eigenvalue weighted by Crippen LogP contribution is -2.46. The fourth-order valence-electron chi connectivity index (χ4n) is 2.65. The van der Waals surface area contributed by atoms with E-state index in [2.05, 4.69) is 15.2 Å². The van der Waals surface area contributed by atoms with Gasteiger partial charge in [-0.05, 0) is 52.7 Å². The first-order chi connectivity index (χ1) is 11.8. The van der Waals surface area contributed by atoms with Crippen LogP contribution in [0.2, 0.25) is 0 Å². The molecule has 0 aliphatic carbocycles. The van der Waals surface area contributed by atoms with Crippen molar-refractivity contribution in [2.75, 3.05) is 24.6 Å². The summed E-state index contributed by atoms with van der Waals surface area (Å²) in [6.45, 7) is 9.13. The van der Waals surface area contributed by atoms with Crippen LogP contribution in [0.1, 0.15) is 51.0 Å². The Kier molecular flexibility index (Phi) is 6.22. The van der Waals surface area contributed by atoms with Crippen LogP contribution < -0.4 is 10.2 Å². The van der Waals surface area contributed by atoms with Gasteiger partial charge in [0.25, 0.3) is 0 Å². The highest BCUT2D eigenvalue weighted by atomic mass is 16.6. The van der Waals surface area contributed by atoms with Gasteiger partial charge in [-0.2, -0.15) is 0 Å². The second-order valence-corrected chi connectivity index (χ2v) is 7.01. The Morgan fingerprint density at radius 3 is 2.56 bits per heavy atom. The smallest absolute Gasteiger partial charge is 0.407 e. The Labute approximate surface area is 148 Å². The van der Waals surface area contributed by atoms with Crippen molar-refractivity contribution in [3.8, 4) is 0 Å². The normalized spacial score (nSPS) is 15.6. The van der Waals surface area contributed by atoms with Crippen molar-refractivity contribution in [1.82, 2.24) is 10.3 Å². The molecule has 0 aromatic carbocycles. The highest BCUT2D eigenvalue weighted by molar-refractivity contribution is 5.87. The molecule has 7 heteroatoms. The van der Waals surface area contributed by atoms with Crippen LogP contribution in [0.3, 0.4) is 0 Å². The first kappa shape index (κ1) is 19.0. The Morgan fingerprint density at radius 1 is 1.28 bits per heavy atom. The summed E-state index contributed by atoms with van der Waals surface area (Å²) < 4.78 is 10.3. The number of carbonyl (C=O) groups excluding carboxylic acids is 2. The monoisotopic (exact) mass is 349 g/mol. The summed E-state index contributed by atoms with van der Waals surface area (Å²) in [6, 6.07) is 5.42. The van der Waals surface area contributed by atoms with Gasteiger partial charge in [-0.3, -0.25) is 0 Å². The molecule has 7 nitrogen and oxygen atoms in total. The lowest BCUT2D eigenvalue weighted by Gasteiger charge is -2.33. The zero-order valence-electron chi connectivity index (χ0n) is 15.4. The van der Waals surface area contributed by atoms with Gasteiger partial charge in [-0.25, -0.2) is 14.6 Å². The SMILES string of the molecule is CCOC(=O)c1cccc(N2CCC(NC(=O)OC(C)(C)C)CC2)n1. The number of amides is 1. The van der Waals surface area contributed by atoms with E-state index in [0.29, 0.717) is 12.3 Å². The average Bonchev–Trinajstić information content (AvgIpc) is 2.54. The molecule has 1 saturated heterocycles. The van der Waals surface area contributed by atoms with Crippen LogP contribution in [-0.2, 0) is 9.47 Å². The van der Waals surface area contributed by atoms with Crippen molar-refractivity contribution < 1.29 is 19.1 Å². The van der Waals surface area contributed by atoms with Gasteiger partial charge in [0.2, 0.25) is 0 Å². The lowest BCUT2D eigenvalue weighted by atomic mass is 10.1. The van der Waals surface area contributed by atoms with Gasteiger partial charge in [-0.15, -0.1) is 0 Å². The lowest BCUT2D eigenvalue weighted by molar-refractivity contribution is 0.0492. The van der Waals surface area contributed by atoms with Gasteiger partial charge < -0.3 is 19.7 Å². The molecule has 1 aliphatic rings. The van der Waals surface area contributed by atoms with Crippen molar-refractivity contribution in [3.63, 3.8) is 0 Å². The molecule has 1 aliphatic heterocycles. The predicted octanol–water partition coefficient (Wildman–Crippen LogP) is 2.75. The van der Waals surface area contributed by atoms with Crippen LogP contribution in [0.15, 0.2) is 18.2 Å². The minimum atomic E-state index is -0.498. The van der Waals surface area contributed by atoms with E-state index in [1.807, 2.05) is 26.8 Å². The molecule has 0 atom stereocenters. The highest BCUT2D eigenvalue weighted by Crippen LogP contribution is 2.19. The summed E-state index contributed by atoms with van der Waals surface area (Å²) in [5.74, 6) is 0.340. The fraction of sp³-hybridized carbons (Fsp3) is 0.611. The minimum Gasteiger partial charge on any atom is -0.461 e. The molecular weight excluding hydrogens is 322 g/mol. The number of nitrogens with zero attached hydrogens (tertiary/aromatic N) is 2. The van der Waals surface area contributed by atoms with E-state index in [0.717, 1.165) is 31.7 Å². The van der Waals surface area contributed by atoms with E-state index in [1.54, 1.807) is 19.1 Å². The summed E-state index contributed by atoms with van der Waals surface area (Å²) in [5.41, 5.74) is -0.184. The second kappa shape index (κ2) is 8.18. The maximum absolute atomic E-state index is 11.8. The molecule has 0 saturated carbocycles. The average molecular weight is 349 g/mol. The van der Waals surface area contributed by atoms with Gasteiger partial charge >= 0.3 is 12.1 Å². The number of pyridine rings is 1. The number of rotatable bonds is 4. The number of anilines is 1. The fourth-order valence-corrected chi connectivity index (χ4v) is 2.65. The zero-order chi connectivity index (χ0) is 18.4. The number of hydrogen-bond donors (Lipinski definition) is 1. The first-order valence-corrected chi connectivity index (χ1v) is 8.67. The third-order valence-electron chi connectivity index (χ3n) is 3.76. The van der Waals surface area contributed by atoms with Crippen molar-refractivity contribution >= 4 is 17.9 Å². The molecule has 1 fully saturated rings. The maximum atomic E-state index is 11.8. The molecule has 2 rings (SSSR count). The van der Waals surface area contributed by atoms with Gasteiger partial charge in [0, 0.05) is 19.1 Å². The van der Waals surface area contributed by atoms with Crippen LogP contribution in [0.4, 0.5) is 10.6 Å². The minimum absolute atomic E-state index is 0.0827. The number of nitrogens with one attached hydrogen (secondary N) is 1. The molecule has 138 valence electrons. The number of hydrogen-bond acceptors (Lipinski definition) is 6. The van der Waals surface area contributed by atoms with Crippen molar-refractivity contribution in [2.24, 2.45) is 0 Å². The van der Waals surface area contributed by atoms with E-state index < -0.39 is 11.6 Å². The topological polar surface area (TPSA) is 80.8 Å². The summed E-state index contributed by atoms with van der Waals surface area (Å²) in [4.78, 5) is 30.1. The Morgan fingerprint density at radius 2 is 1.96 bits per heavy atom. The van der Waals surface area contributed by atoms with E-state index >= 15 is 0 Å². The third-order valence-corrected chi connectivity index (χ3v) is 3.76. The van der Waals surface area contributed by atoms with Gasteiger partial charge in [0.15, 0.2) is 5.69 Å². The number of alkyl carbamates (subject to hydrolysis) is 1. The number of aromatic nitrogens is 1. The molecule has 1 amide bonds. The molecule has 1 aromatic rings. The highest BCUT2D eigenvalue weighted by Gasteiger charge is 2.24. The van der Waals surface area contributed by atoms with Crippen LogP contribution in [0, 0.1) is 0 Å². The summed E-state index contributed by atoms with van der Waals surface area (Å²) in [7, 11) is 0. The number of ether oxygens (including phenoxy) is 2. The Bertz CT molecular complexity index is 605. The number of piperidine rings is 1. The maximum Gasteiger partial charge on any atom is 0.407 e. The molecule has 25 heavy (non-hydrogen) atoms. The predicted molar refractivity (Wildman–Crippen MR) is 94.8 cm³/mol. The van der Waals surface area contributed by atoms with Crippen molar-refractivity contribution in [2.45, 2.75) is 52.2 Å². The van der Waals surface area contributed by atoms with E-state index in [-0.39, 0.29) is 12.1 Å². The molecule has 0 unspecified atom stereocenters. The molecule has 0 radical (unpaired) electrons. The standard InChI is InChI=1S/C18H27N3O4/c1-5-24-16(22)14-7-6-8-15(20-14)21-11-9-13(10-12-21)19-17(23)25-18(2,3)4/h6-8,13H,5,9-12H2,1-4H3,(H,19,23). The first-order valence-electron chi connectivity index (χ1n) is 8.67. The van der Waals surface area contributed by atoms with E-state index in [9.17, 15) is 9.59 Å². The second-order valence-electron chi connectivity index (χ2n) is 7.01. The number of esters is 1.